The highest BCUT2D eigenvalue weighted by Gasteiger charge is 2.24. The van der Waals surface area contributed by atoms with Gasteiger partial charge in [0.2, 0.25) is 0 Å². The lowest BCUT2D eigenvalue weighted by molar-refractivity contribution is -0.611. The molecular formula is C38H36N8O2S2+2. The molecule has 8 aromatic rings. The van der Waals surface area contributed by atoms with Crippen LogP contribution in [-0.4, -0.2) is 43.3 Å². The maximum Gasteiger partial charge on any atom is 0.402 e. The monoisotopic (exact) mass is 700 g/mol. The highest BCUT2D eigenvalue weighted by Crippen LogP contribution is 2.33. The number of hydrogen-bond donors (Lipinski definition) is 2. The summed E-state index contributed by atoms with van der Waals surface area (Å²) in [4.78, 5) is 17.0. The lowest BCUT2D eigenvalue weighted by atomic mass is 10.2. The first-order chi connectivity index (χ1) is 24.5. The SMILES string of the molecule is COc1cc[n+](-c2nc3ccc(-n4cccc4)cc3[nH]2)c(CSSCc2c(C)c(OC)cc[n+]2-c2nc3ccc(-n4cccc4)cc3[nH]2)c1C. The summed E-state index contributed by atoms with van der Waals surface area (Å²) in [5.41, 5.74) is 10.3. The van der Waals surface area contributed by atoms with Gasteiger partial charge < -0.3 is 18.6 Å². The van der Waals surface area contributed by atoms with Gasteiger partial charge in [0.15, 0.2) is 11.0 Å². The number of nitrogens with zero attached hydrogens (tertiary/aromatic N) is 6. The number of ether oxygens (including phenoxy) is 2. The van der Waals surface area contributed by atoms with E-state index < -0.39 is 0 Å². The number of rotatable bonds is 11. The number of imidazole rings is 2. The molecule has 0 radical (unpaired) electrons. The van der Waals surface area contributed by atoms with Crippen molar-refractivity contribution in [3.63, 3.8) is 0 Å². The third-order valence-corrected chi connectivity index (χ3v) is 11.2. The molecule has 0 aliphatic carbocycles. The number of aromatic nitrogens is 8. The predicted molar refractivity (Wildman–Crippen MR) is 199 cm³/mol. The van der Waals surface area contributed by atoms with Gasteiger partial charge in [-0.15, -0.1) is 0 Å². The molecule has 8 rings (SSSR count). The number of hydrogen-bond acceptors (Lipinski definition) is 6. The van der Waals surface area contributed by atoms with Crippen LogP contribution < -0.4 is 18.6 Å². The minimum absolute atomic E-state index is 0.731. The van der Waals surface area contributed by atoms with E-state index in [1.54, 1.807) is 35.8 Å². The molecule has 2 aromatic carbocycles. The maximum atomic E-state index is 5.74. The van der Waals surface area contributed by atoms with E-state index in [0.717, 1.165) is 90.9 Å². The third kappa shape index (κ3) is 5.90. The van der Waals surface area contributed by atoms with Crippen LogP contribution in [-0.2, 0) is 11.5 Å². The summed E-state index contributed by atoms with van der Waals surface area (Å²) < 4.78 is 19.9. The second-order valence-electron chi connectivity index (χ2n) is 11.9. The fourth-order valence-corrected chi connectivity index (χ4v) is 8.55. The maximum absolute atomic E-state index is 5.74. The molecule has 0 unspecified atom stereocenters. The van der Waals surface area contributed by atoms with E-state index in [1.165, 1.54) is 0 Å². The minimum Gasteiger partial charge on any atom is -0.496 e. The Balaban J connectivity index is 1.06. The van der Waals surface area contributed by atoms with Gasteiger partial charge in [-0.1, -0.05) is 31.6 Å². The van der Waals surface area contributed by atoms with Crippen LogP contribution in [0.4, 0.5) is 0 Å². The zero-order valence-electron chi connectivity index (χ0n) is 28.1. The smallest absolute Gasteiger partial charge is 0.402 e. The summed E-state index contributed by atoms with van der Waals surface area (Å²) in [5.74, 6) is 4.69. The molecule has 2 N–H and O–H groups in total. The third-order valence-electron chi connectivity index (χ3n) is 9.02. The van der Waals surface area contributed by atoms with E-state index in [1.807, 2.05) is 73.6 Å². The number of pyridine rings is 2. The Hall–Kier alpha value is -5.46. The summed E-state index contributed by atoms with van der Waals surface area (Å²) in [6.07, 6.45) is 12.2. The van der Waals surface area contributed by atoms with Crippen molar-refractivity contribution in [3.8, 4) is 34.8 Å². The highest BCUT2D eigenvalue weighted by atomic mass is 33.1. The molecule has 6 aromatic heterocycles. The summed E-state index contributed by atoms with van der Waals surface area (Å²) in [7, 11) is 7.01. The van der Waals surface area contributed by atoms with Crippen molar-refractivity contribution in [3.05, 3.63) is 132 Å². The van der Waals surface area contributed by atoms with Gasteiger partial charge in [-0.05, 0) is 62.4 Å². The molecule has 12 heteroatoms. The predicted octanol–water partition coefficient (Wildman–Crippen LogP) is 7.29. The molecule has 50 heavy (non-hydrogen) atoms. The topological polar surface area (TPSA) is 93.4 Å². The van der Waals surface area contributed by atoms with E-state index in [0.29, 0.717) is 0 Å². The van der Waals surface area contributed by atoms with Crippen molar-refractivity contribution in [2.45, 2.75) is 25.4 Å². The molecule has 250 valence electrons. The van der Waals surface area contributed by atoms with E-state index in [9.17, 15) is 0 Å². The molecule has 0 fully saturated rings. The van der Waals surface area contributed by atoms with Gasteiger partial charge in [0.25, 0.3) is 0 Å². The van der Waals surface area contributed by atoms with Crippen LogP contribution in [0.3, 0.4) is 0 Å². The Morgan fingerprint density at radius 1 is 0.620 bits per heavy atom. The summed E-state index contributed by atoms with van der Waals surface area (Å²) in [6, 6.07) is 24.6. The first-order valence-electron chi connectivity index (χ1n) is 16.2. The Labute approximate surface area is 297 Å². The summed E-state index contributed by atoms with van der Waals surface area (Å²) >= 11 is 0. The van der Waals surface area contributed by atoms with Crippen LogP contribution in [0.2, 0.25) is 0 Å². The molecule has 0 aliphatic heterocycles. The Kier molecular flexibility index (Phi) is 8.55. The average Bonchev–Trinajstić information content (AvgIpc) is 3.97. The first-order valence-corrected chi connectivity index (χ1v) is 18.7. The molecular weight excluding hydrogens is 665 g/mol. The van der Waals surface area contributed by atoms with Crippen molar-refractivity contribution in [1.29, 1.82) is 0 Å². The molecule has 0 bridgehead atoms. The van der Waals surface area contributed by atoms with Crippen molar-refractivity contribution in [2.75, 3.05) is 14.2 Å². The largest absolute Gasteiger partial charge is 0.496 e. The Morgan fingerprint density at radius 2 is 1.04 bits per heavy atom. The zero-order valence-corrected chi connectivity index (χ0v) is 29.8. The van der Waals surface area contributed by atoms with Gasteiger partial charge in [0, 0.05) is 71.6 Å². The molecule has 6 heterocycles. The molecule has 0 saturated heterocycles. The number of nitrogens with one attached hydrogen (secondary N) is 2. The van der Waals surface area contributed by atoms with Gasteiger partial charge in [-0.2, -0.15) is 0 Å². The van der Waals surface area contributed by atoms with Gasteiger partial charge in [0.1, 0.15) is 33.9 Å². The van der Waals surface area contributed by atoms with E-state index in [2.05, 4.69) is 78.5 Å². The second kappa shape index (κ2) is 13.4. The molecule has 0 saturated carbocycles. The minimum atomic E-state index is 0.731. The lowest BCUT2D eigenvalue weighted by Crippen LogP contribution is -2.38. The van der Waals surface area contributed by atoms with Crippen molar-refractivity contribution >= 4 is 43.7 Å². The lowest BCUT2D eigenvalue weighted by Gasteiger charge is -2.14. The second-order valence-corrected chi connectivity index (χ2v) is 14.3. The van der Waals surface area contributed by atoms with Crippen LogP contribution in [0.5, 0.6) is 11.5 Å². The van der Waals surface area contributed by atoms with E-state index in [-0.39, 0.29) is 0 Å². The highest BCUT2D eigenvalue weighted by molar-refractivity contribution is 8.76. The van der Waals surface area contributed by atoms with E-state index in [4.69, 9.17) is 19.4 Å². The van der Waals surface area contributed by atoms with Gasteiger partial charge in [0.05, 0.1) is 38.1 Å². The summed E-state index contributed by atoms with van der Waals surface area (Å²) in [5, 5.41) is 0. The molecule has 0 amide bonds. The van der Waals surface area contributed by atoms with Crippen molar-refractivity contribution < 1.29 is 18.6 Å². The van der Waals surface area contributed by atoms with Gasteiger partial charge in [-0.25, -0.2) is 19.1 Å². The fourth-order valence-electron chi connectivity index (χ4n) is 6.28. The number of H-pyrrole nitrogens is 2. The van der Waals surface area contributed by atoms with Crippen LogP contribution in [0.15, 0.2) is 110 Å². The molecule has 0 spiro atoms. The zero-order chi connectivity index (χ0) is 34.2. The van der Waals surface area contributed by atoms with Crippen LogP contribution >= 0.6 is 21.6 Å². The standard InChI is InChI=1S/C38H36N8O2S2/c1-25-33(45(19-13-35(25)47-3)37-39-29-11-9-27(21-31(29)41-37)43-15-5-6-16-43)23-49-50-24-34-26(2)36(48-4)14-20-46(34)38-40-30-12-10-28(22-32(30)42-38)44-17-7-8-18-44/h5-22H,23-24H2,1-4H3,(H,39,41)(H,40,42)/q+2. The van der Waals surface area contributed by atoms with Crippen LogP contribution in [0, 0.1) is 13.8 Å². The Morgan fingerprint density at radius 3 is 1.44 bits per heavy atom. The van der Waals surface area contributed by atoms with Crippen molar-refractivity contribution in [2.24, 2.45) is 0 Å². The van der Waals surface area contributed by atoms with E-state index >= 15 is 0 Å². The number of aromatic amines is 2. The van der Waals surface area contributed by atoms with Crippen LogP contribution in [0.25, 0.3) is 45.3 Å². The first kappa shape index (κ1) is 31.8. The Bertz CT molecular complexity index is 2280. The molecule has 0 atom stereocenters. The average molecular weight is 701 g/mol. The van der Waals surface area contributed by atoms with Crippen LogP contribution in [0.1, 0.15) is 22.5 Å². The molecule has 0 aliphatic rings. The number of benzene rings is 2. The summed E-state index contributed by atoms with van der Waals surface area (Å²) in [6.45, 7) is 4.21. The van der Waals surface area contributed by atoms with Crippen molar-refractivity contribution in [1.82, 2.24) is 29.1 Å². The number of methoxy groups -OCH3 is 2. The normalized spacial score (nSPS) is 11.5. The molecule has 10 nitrogen and oxygen atoms in total. The van der Waals surface area contributed by atoms with Gasteiger partial charge >= 0.3 is 11.9 Å². The number of fused-ring (bicyclic) bond motifs is 2. The van der Waals surface area contributed by atoms with Gasteiger partial charge in [-0.3, -0.25) is 0 Å². The quantitative estimate of drug-likeness (QED) is 0.0837. The fraction of sp³-hybridized carbons (Fsp3) is 0.158.